The molecule has 19 heavy (non-hydrogen) atoms. The molecule has 2 aliphatic rings. The molecule has 0 amide bonds. The summed E-state index contributed by atoms with van der Waals surface area (Å²) in [6.45, 7) is 3.02. The highest BCUT2D eigenvalue weighted by Gasteiger charge is 2.39. The van der Waals surface area contributed by atoms with Crippen molar-refractivity contribution in [1.29, 1.82) is 0 Å². The summed E-state index contributed by atoms with van der Waals surface area (Å²) in [7, 11) is -1.47. The first-order chi connectivity index (χ1) is 9.19. The fourth-order valence-corrected chi connectivity index (χ4v) is 2.60. The number of hydrogen-bond acceptors (Lipinski definition) is 6. The van der Waals surface area contributed by atoms with Gasteiger partial charge in [0.1, 0.15) is 5.82 Å². The van der Waals surface area contributed by atoms with Gasteiger partial charge in [0.05, 0.1) is 13.2 Å². The number of rotatable bonds is 2. The molecule has 0 aromatic carbocycles. The lowest BCUT2D eigenvalue weighted by Crippen LogP contribution is -2.45. The predicted molar refractivity (Wildman–Crippen MR) is 70.1 cm³/mol. The van der Waals surface area contributed by atoms with Crippen molar-refractivity contribution in [3.63, 3.8) is 0 Å². The minimum absolute atomic E-state index is 0.377. The van der Waals surface area contributed by atoms with Crippen LogP contribution in [-0.2, 0) is 9.47 Å². The fourth-order valence-electron chi connectivity index (χ4n) is 2.60. The van der Waals surface area contributed by atoms with Crippen LogP contribution >= 0.6 is 0 Å². The number of hydrogen-bond donors (Lipinski definition) is 2. The van der Waals surface area contributed by atoms with Gasteiger partial charge in [-0.1, -0.05) is 6.07 Å². The zero-order valence-corrected chi connectivity index (χ0v) is 10.7. The molecule has 1 aromatic rings. The molecule has 6 nitrogen and oxygen atoms in total. The maximum atomic E-state index is 9.03. The van der Waals surface area contributed by atoms with Gasteiger partial charge in [0.25, 0.3) is 0 Å². The molecule has 3 rings (SSSR count). The van der Waals surface area contributed by atoms with Crippen LogP contribution in [0.15, 0.2) is 18.3 Å². The van der Waals surface area contributed by atoms with Crippen molar-refractivity contribution < 1.29 is 19.5 Å². The monoisotopic (exact) mass is 264 g/mol. The second-order valence-electron chi connectivity index (χ2n) is 4.92. The van der Waals surface area contributed by atoms with Gasteiger partial charge >= 0.3 is 7.12 Å². The second kappa shape index (κ2) is 5.09. The quantitative estimate of drug-likeness (QED) is 0.675. The molecular weight excluding hydrogens is 247 g/mol. The highest BCUT2D eigenvalue weighted by Crippen LogP contribution is 2.32. The van der Waals surface area contributed by atoms with E-state index in [1.54, 1.807) is 6.07 Å². The first kappa shape index (κ1) is 12.9. The Morgan fingerprint density at radius 3 is 2.37 bits per heavy atom. The normalized spacial score (nSPS) is 21.9. The summed E-state index contributed by atoms with van der Waals surface area (Å²) in [5.74, 6) is 0.467. The Morgan fingerprint density at radius 2 is 1.84 bits per heavy atom. The molecular formula is C12H17BN2O4. The topological polar surface area (TPSA) is 75.1 Å². The molecule has 2 N–H and O–H groups in total. The van der Waals surface area contributed by atoms with Crippen molar-refractivity contribution in [1.82, 2.24) is 4.98 Å². The molecule has 0 bridgehead atoms. The van der Waals surface area contributed by atoms with Gasteiger partial charge in [0.15, 0.2) is 5.79 Å². The van der Waals surface area contributed by atoms with Gasteiger partial charge < -0.3 is 24.4 Å². The first-order valence-electron chi connectivity index (χ1n) is 6.54. The van der Waals surface area contributed by atoms with Gasteiger partial charge in [0, 0.05) is 37.6 Å². The van der Waals surface area contributed by atoms with Crippen molar-refractivity contribution in [2.45, 2.75) is 18.6 Å². The van der Waals surface area contributed by atoms with E-state index < -0.39 is 7.12 Å². The molecule has 0 radical (unpaired) electrons. The van der Waals surface area contributed by atoms with E-state index in [0.29, 0.717) is 18.7 Å². The van der Waals surface area contributed by atoms with Crippen LogP contribution in [0.5, 0.6) is 0 Å². The number of piperidine rings is 1. The van der Waals surface area contributed by atoms with E-state index in [1.807, 2.05) is 6.07 Å². The smallest absolute Gasteiger partial charge is 0.423 e. The minimum Gasteiger partial charge on any atom is -0.423 e. The summed E-state index contributed by atoms with van der Waals surface area (Å²) < 4.78 is 11.4. The number of pyridine rings is 1. The maximum Gasteiger partial charge on any atom is 0.490 e. The van der Waals surface area contributed by atoms with Gasteiger partial charge in [-0.3, -0.25) is 0 Å². The van der Waals surface area contributed by atoms with E-state index in [2.05, 4.69) is 9.88 Å². The molecule has 1 aromatic heterocycles. The number of ether oxygens (including phenoxy) is 2. The van der Waals surface area contributed by atoms with E-state index in [4.69, 9.17) is 19.5 Å². The summed E-state index contributed by atoms with van der Waals surface area (Å²) in [5, 5.41) is 18.1. The average Bonchev–Trinajstić information content (AvgIpc) is 2.88. The summed E-state index contributed by atoms with van der Waals surface area (Å²) in [5.41, 5.74) is 0.402. The maximum absolute atomic E-state index is 9.03. The third kappa shape index (κ3) is 2.60. The van der Waals surface area contributed by atoms with Crippen molar-refractivity contribution >= 4 is 18.4 Å². The standard InChI is InChI=1S/C12H17BN2O4/c16-13(17)10-1-2-11(14-9-10)15-5-3-12(4-6-15)18-7-8-19-12/h1-2,9,16-17H,3-8H2. The Balaban J connectivity index is 1.64. The number of nitrogens with zero attached hydrogens (tertiary/aromatic N) is 2. The van der Waals surface area contributed by atoms with E-state index in [0.717, 1.165) is 31.7 Å². The van der Waals surface area contributed by atoms with Gasteiger partial charge in [-0.25, -0.2) is 4.98 Å². The van der Waals surface area contributed by atoms with Crippen LogP contribution < -0.4 is 10.4 Å². The molecule has 3 heterocycles. The molecule has 2 saturated heterocycles. The van der Waals surface area contributed by atoms with E-state index in [1.165, 1.54) is 6.20 Å². The second-order valence-corrected chi connectivity index (χ2v) is 4.92. The molecule has 2 fully saturated rings. The van der Waals surface area contributed by atoms with Crippen molar-refractivity contribution in [3.05, 3.63) is 18.3 Å². The zero-order chi connectivity index (χ0) is 13.3. The Hall–Kier alpha value is -1.15. The van der Waals surface area contributed by atoms with Crippen molar-refractivity contribution in [2.24, 2.45) is 0 Å². The van der Waals surface area contributed by atoms with Gasteiger partial charge in [-0.2, -0.15) is 0 Å². The molecule has 0 saturated carbocycles. The van der Waals surface area contributed by atoms with Crippen LogP contribution in [0.4, 0.5) is 5.82 Å². The van der Waals surface area contributed by atoms with Crippen LogP contribution in [0.2, 0.25) is 0 Å². The zero-order valence-electron chi connectivity index (χ0n) is 10.7. The van der Waals surface area contributed by atoms with Crippen LogP contribution in [0.1, 0.15) is 12.8 Å². The van der Waals surface area contributed by atoms with E-state index in [9.17, 15) is 0 Å². The SMILES string of the molecule is OB(O)c1ccc(N2CCC3(CC2)OCCO3)nc1. The predicted octanol–water partition coefficient (Wildman–Crippen LogP) is -0.895. The third-order valence-electron chi connectivity index (χ3n) is 3.73. The van der Waals surface area contributed by atoms with Crippen LogP contribution in [0.3, 0.4) is 0 Å². The molecule has 7 heteroatoms. The Morgan fingerprint density at radius 1 is 1.16 bits per heavy atom. The minimum atomic E-state index is -1.47. The first-order valence-corrected chi connectivity index (χ1v) is 6.54. The number of aromatic nitrogens is 1. The molecule has 0 atom stereocenters. The Kier molecular flexibility index (Phi) is 3.45. The largest absolute Gasteiger partial charge is 0.490 e. The Labute approximate surface area is 112 Å². The van der Waals surface area contributed by atoms with E-state index >= 15 is 0 Å². The van der Waals surface area contributed by atoms with Gasteiger partial charge in [-0.15, -0.1) is 0 Å². The lowest BCUT2D eigenvalue weighted by molar-refractivity contribution is -0.169. The van der Waals surface area contributed by atoms with E-state index in [-0.39, 0.29) is 5.79 Å². The van der Waals surface area contributed by atoms with Crippen LogP contribution in [-0.4, -0.2) is 54.2 Å². The lowest BCUT2D eigenvalue weighted by Gasteiger charge is -2.38. The van der Waals surface area contributed by atoms with Gasteiger partial charge in [-0.05, 0) is 6.07 Å². The van der Waals surface area contributed by atoms with Crippen LogP contribution in [0, 0.1) is 0 Å². The third-order valence-corrected chi connectivity index (χ3v) is 3.73. The van der Waals surface area contributed by atoms with Crippen molar-refractivity contribution in [2.75, 3.05) is 31.2 Å². The highest BCUT2D eigenvalue weighted by atomic mass is 16.7. The molecule has 2 aliphatic heterocycles. The fraction of sp³-hybridized carbons (Fsp3) is 0.583. The summed E-state index contributed by atoms with van der Waals surface area (Å²) in [6.07, 6.45) is 3.16. The number of anilines is 1. The van der Waals surface area contributed by atoms with Gasteiger partial charge in [0.2, 0.25) is 0 Å². The Bertz CT molecular complexity index is 424. The summed E-state index contributed by atoms with van der Waals surface area (Å²) >= 11 is 0. The highest BCUT2D eigenvalue weighted by molar-refractivity contribution is 6.58. The molecule has 0 unspecified atom stereocenters. The summed E-state index contributed by atoms with van der Waals surface area (Å²) in [4.78, 5) is 6.42. The summed E-state index contributed by atoms with van der Waals surface area (Å²) in [6, 6.07) is 3.49. The van der Waals surface area contributed by atoms with Crippen LogP contribution in [0.25, 0.3) is 0 Å². The molecule has 0 aliphatic carbocycles. The average molecular weight is 264 g/mol. The van der Waals surface area contributed by atoms with Crippen molar-refractivity contribution in [3.8, 4) is 0 Å². The molecule has 102 valence electrons. The lowest BCUT2D eigenvalue weighted by atomic mass is 9.82. The molecule has 1 spiro atoms.